The molecule has 1 heterocycles. The Morgan fingerprint density at radius 2 is 1.91 bits per heavy atom. The SMILES string of the molecule is Cl.O=[N+]([O-])c1cccc(C2CCN(Cc3ccccc3)C2)c1. The van der Waals surface area contributed by atoms with E-state index >= 15 is 0 Å². The quantitative estimate of drug-likeness (QED) is 0.632. The summed E-state index contributed by atoms with van der Waals surface area (Å²) in [6, 6.07) is 17.5. The van der Waals surface area contributed by atoms with E-state index in [2.05, 4.69) is 29.2 Å². The highest BCUT2D eigenvalue weighted by Gasteiger charge is 2.24. The minimum absolute atomic E-state index is 0. The maximum atomic E-state index is 10.9. The maximum Gasteiger partial charge on any atom is 0.269 e. The van der Waals surface area contributed by atoms with E-state index in [9.17, 15) is 10.1 Å². The van der Waals surface area contributed by atoms with Crippen LogP contribution in [0, 0.1) is 10.1 Å². The molecule has 0 saturated carbocycles. The molecule has 1 unspecified atom stereocenters. The largest absolute Gasteiger partial charge is 0.298 e. The van der Waals surface area contributed by atoms with Crippen LogP contribution in [0.15, 0.2) is 54.6 Å². The Morgan fingerprint density at radius 1 is 1.14 bits per heavy atom. The van der Waals surface area contributed by atoms with Gasteiger partial charge in [-0.3, -0.25) is 15.0 Å². The van der Waals surface area contributed by atoms with Crippen LogP contribution in [0.3, 0.4) is 0 Å². The monoisotopic (exact) mass is 318 g/mol. The van der Waals surface area contributed by atoms with Gasteiger partial charge >= 0.3 is 0 Å². The Kier molecular flexibility index (Phi) is 5.52. The van der Waals surface area contributed by atoms with E-state index in [0.29, 0.717) is 5.92 Å². The average molecular weight is 319 g/mol. The molecule has 5 heteroatoms. The summed E-state index contributed by atoms with van der Waals surface area (Å²) < 4.78 is 0. The zero-order chi connectivity index (χ0) is 14.7. The second kappa shape index (κ2) is 7.38. The molecule has 0 radical (unpaired) electrons. The van der Waals surface area contributed by atoms with Crippen LogP contribution in [0.25, 0.3) is 0 Å². The van der Waals surface area contributed by atoms with Crippen LogP contribution < -0.4 is 0 Å². The Morgan fingerprint density at radius 3 is 2.64 bits per heavy atom. The minimum atomic E-state index is -0.319. The molecular formula is C17H19ClN2O2. The number of likely N-dealkylation sites (tertiary alicyclic amines) is 1. The third-order valence-corrected chi connectivity index (χ3v) is 4.07. The summed E-state index contributed by atoms with van der Waals surface area (Å²) in [5.74, 6) is 0.397. The fourth-order valence-electron chi connectivity index (χ4n) is 2.98. The lowest BCUT2D eigenvalue weighted by molar-refractivity contribution is -0.384. The van der Waals surface area contributed by atoms with Crippen LogP contribution in [0.4, 0.5) is 5.69 Å². The van der Waals surface area contributed by atoms with Crippen LogP contribution in [-0.2, 0) is 6.54 Å². The van der Waals surface area contributed by atoms with E-state index in [4.69, 9.17) is 0 Å². The van der Waals surface area contributed by atoms with Crippen molar-refractivity contribution in [3.05, 3.63) is 75.8 Å². The highest BCUT2D eigenvalue weighted by molar-refractivity contribution is 5.85. The topological polar surface area (TPSA) is 46.4 Å². The van der Waals surface area contributed by atoms with Crippen LogP contribution in [-0.4, -0.2) is 22.9 Å². The summed E-state index contributed by atoms with van der Waals surface area (Å²) >= 11 is 0. The number of hydrogen-bond donors (Lipinski definition) is 0. The Bertz CT molecular complexity index is 634. The molecule has 0 aromatic heterocycles. The molecule has 0 amide bonds. The van der Waals surface area contributed by atoms with Gasteiger partial charge in [0.25, 0.3) is 5.69 Å². The zero-order valence-corrected chi connectivity index (χ0v) is 13.0. The molecule has 0 bridgehead atoms. The molecule has 2 aromatic carbocycles. The van der Waals surface area contributed by atoms with Crippen molar-refractivity contribution in [2.45, 2.75) is 18.9 Å². The fourth-order valence-corrected chi connectivity index (χ4v) is 2.98. The lowest BCUT2D eigenvalue weighted by Crippen LogP contribution is -2.19. The van der Waals surface area contributed by atoms with E-state index in [-0.39, 0.29) is 23.0 Å². The lowest BCUT2D eigenvalue weighted by Gasteiger charge is -2.16. The molecule has 0 aliphatic carbocycles. The van der Waals surface area contributed by atoms with Crippen LogP contribution >= 0.6 is 12.4 Å². The molecule has 1 aliphatic rings. The number of benzene rings is 2. The second-order valence-corrected chi connectivity index (χ2v) is 5.56. The van der Waals surface area contributed by atoms with Crippen molar-refractivity contribution in [3.63, 3.8) is 0 Å². The molecule has 0 N–H and O–H groups in total. The summed E-state index contributed by atoms with van der Waals surface area (Å²) in [7, 11) is 0. The third-order valence-electron chi connectivity index (χ3n) is 4.07. The van der Waals surface area contributed by atoms with Crippen molar-refractivity contribution in [2.75, 3.05) is 13.1 Å². The Balaban J connectivity index is 0.00000176. The summed E-state index contributed by atoms with van der Waals surface area (Å²) in [5.41, 5.74) is 2.59. The fraction of sp³-hybridized carbons (Fsp3) is 0.294. The van der Waals surface area contributed by atoms with E-state index in [1.807, 2.05) is 12.1 Å². The van der Waals surface area contributed by atoms with E-state index in [1.165, 1.54) is 5.56 Å². The number of non-ortho nitro benzene ring substituents is 1. The summed E-state index contributed by atoms with van der Waals surface area (Å²) in [6.45, 7) is 2.96. The second-order valence-electron chi connectivity index (χ2n) is 5.56. The summed E-state index contributed by atoms with van der Waals surface area (Å²) in [4.78, 5) is 13.0. The predicted octanol–water partition coefficient (Wildman–Crippen LogP) is 4.01. The maximum absolute atomic E-state index is 10.9. The summed E-state index contributed by atoms with van der Waals surface area (Å²) in [5, 5.41) is 10.9. The van der Waals surface area contributed by atoms with Gasteiger partial charge in [-0.05, 0) is 30.0 Å². The molecular weight excluding hydrogens is 300 g/mol. The first-order valence-corrected chi connectivity index (χ1v) is 7.23. The molecule has 1 atom stereocenters. The highest BCUT2D eigenvalue weighted by Crippen LogP contribution is 2.30. The van der Waals surface area contributed by atoms with Crippen LogP contribution in [0.1, 0.15) is 23.5 Å². The van der Waals surface area contributed by atoms with Gasteiger partial charge in [-0.25, -0.2) is 0 Å². The third kappa shape index (κ3) is 3.84. The van der Waals surface area contributed by atoms with Crippen molar-refractivity contribution >= 4 is 18.1 Å². The first-order valence-electron chi connectivity index (χ1n) is 7.23. The molecule has 116 valence electrons. The van der Waals surface area contributed by atoms with Gasteiger partial charge < -0.3 is 0 Å². The van der Waals surface area contributed by atoms with Gasteiger partial charge in [0.1, 0.15) is 0 Å². The molecule has 4 nitrogen and oxygen atoms in total. The van der Waals surface area contributed by atoms with Gasteiger partial charge in [0.05, 0.1) is 4.92 Å². The number of nitro groups is 1. The molecule has 1 saturated heterocycles. The Hall–Kier alpha value is -1.91. The number of rotatable bonds is 4. The molecule has 3 rings (SSSR count). The highest BCUT2D eigenvalue weighted by atomic mass is 35.5. The van der Waals surface area contributed by atoms with Gasteiger partial charge in [-0.1, -0.05) is 42.5 Å². The molecule has 1 aliphatic heterocycles. The molecule has 22 heavy (non-hydrogen) atoms. The standard InChI is InChI=1S/C17H18N2O2.ClH/c20-19(21)17-8-4-7-15(11-17)16-9-10-18(13-16)12-14-5-2-1-3-6-14;/h1-8,11,16H,9-10,12-13H2;1H. The minimum Gasteiger partial charge on any atom is -0.298 e. The van der Waals surface area contributed by atoms with Crippen LogP contribution in [0.2, 0.25) is 0 Å². The van der Waals surface area contributed by atoms with Crippen molar-refractivity contribution < 1.29 is 4.92 Å². The van der Waals surface area contributed by atoms with Gasteiger partial charge in [0, 0.05) is 25.2 Å². The van der Waals surface area contributed by atoms with Gasteiger partial charge in [0.2, 0.25) is 0 Å². The van der Waals surface area contributed by atoms with E-state index in [0.717, 1.165) is 31.6 Å². The smallest absolute Gasteiger partial charge is 0.269 e. The normalized spacial score (nSPS) is 17.9. The number of nitrogens with zero attached hydrogens (tertiary/aromatic N) is 2. The van der Waals surface area contributed by atoms with Gasteiger partial charge in [0.15, 0.2) is 0 Å². The summed E-state index contributed by atoms with van der Waals surface area (Å²) in [6.07, 6.45) is 1.06. The number of nitro benzene ring substituents is 1. The zero-order valence-electron chi connectivity index (χ0n) is 12.2. The molecule has 0 spiro atoms. The number of halogens is 1. The first kappa shape index (κ1) is 16.5. The number of hydrogen-bond acceptors (Lipinski definition) is 3. The van der Waals surface area contributed by atoms with Crippen LogP contribution in [0.5, 0.6) is 0 Å². The molecule has 2 aromatic rings. The molecule has 1 fully saturated rings. The van der Waals surface area contributed by atoms with Crippen molar-refractivity contribution in [1.82, 2.24) is 4.90 Å². The van der Waals surface area contributed by atoms with Crippen molar-refractivity contribution in [3.8, 4) is 0 Å². The Labute approximate surface area is 136 Å². The predicted molar refractivity (Wildman–Crippen MR) is 89.4 cm³/mol. The first-order chi connectivity index (χ1) is 10.2. The van der Waals surface area contributed by atoms with E-state index in [1.54, 1.807) is 18.2 Å². The van der Waals surface area contributed by atoms with Crippen molar-refractivity contribution in [1.29, 1.82) is 0 Å². The average Bonchev–Trinajstić information content (AvgIpc) is 2.97. The van der Waals surface area contributed by atoms with Gasteiger partial charge in [-0.2, -0.15) is 0 Å². The van der Waals surface area contributed by atoms with E-state index < -0.39 is 0 Å². The van der Waals surface area contributed by atoms with Gasteiger partial charge in [-0.15, -0.1) is 12.4 Å². The lowest BCUT2D eigenvalue weighted by atomic mass is 9.98. The van der Waals surface area contributed by atoms with Crippen molar-refractivity contribution in [2.24, 2.45) is 0 Å².